The molecule has 4 heteroatoms. The van der Waals surface area contributed by atoms with E-state index in [2.05, 4.69) is 5.32 Å². The normalized spacial score (nSPS) is 12.6. The van der Waals surface area contributed by atoms with E-state index >= 15 is 0 Å². The molecule has 0 aliphatic rings. The minimum atomic E-state index is -0.538. The van der Waals surface area contributed by atoms with Gasteiger partial charge in [-0.2, -0.15) is 0 Å². The van der Waals surface area contributed by atoms with Gasteiger partial charge in [-0.25, -0.2) is 4.79 Å². The van der Waals surface area contributed by atoms with Gasteiger partial charge in [-0.15, -0.1) is 0 Å². The number of esters is 1. The van der Waals surface area contributed by atoms with Crippen LogP contribution in [0.25, 0.3) is 0 Å². The van der Waals surface area contributed by atoms with E-state index in [4.69, 9.17) is 4.74 Å². The van der Waals surface area contributed by atoms with Gasteiger partial charge in [-0.05, 0) is 26.2 Å². The quantitative estimate of drug-likeness (QED) is 0.607. The molecule has 0 radical (unpaired) electrons. The van der Waals surface area contributed by atoms with Crippen LogP contribution in [0, 0.1) is 5.41 Å². The standard InChI is InChI=1S/C13H23NO3/c1-12(2,3)9-14-10(15)7-8-11(16)17-13(4,5)6/h7-8H,9H2,1-6H3,(H,14,15)/b8-7+. The van der Waals surface area contributed by atoms with Crippen LogP contribution < -0.4 is 5.32 Å². The van der Waals surface area contributed by atoms with Crippen molar-refractivity contribution in [2.75, 3.05) is 6.54 Å². The van der Waals surface area contributed by atoms with E-state index in [-0.39, 0.29) is 11.3 Å². The topological polar surface area (TPSA) is 55.4 Å². The lowest BCUT2D eigenvalue weighted by molar-refractivity contribution is -0.148. The van der Waals surface area contributed by atoms with Crippen LogP contribution >= 0.6 is 0 Å². The van der Waals surface area contributed by atoms with Gasteiger partial charge in [0, 0.05) is 18.7 Å². The molecule has 0 heterocycles. The average Bonchev–Trinajstić information content (AvgIpc) is 2.07. The summed E-state index contributed by atoms with van der Waals surface area (Å²) in [5.74, 6) is -0.797. The first-order chi connectivity index (χ1) is 7.49. The van der Waals surface area contributed by atoms with E-state index in [1.165, 1.54) is 6.08 Å². The first-order valence-corrected chi connectivity index (χ1v) is 5.68. The van der Waals surface area contributed by atoms with Gasteiger partial charge < -0.3 is 10.1 Å². The molecule has 0 aliphatic heterocycles. The Labute approximate surface area is 103 Å². The molecule has 0 rings (SSSR count). The molecule has 0 aromatic rings. The van der Waals surface area contributed by atoms with Crippen molar-refractivity contribution in [3.8, 4) is 0 Å². The lowest BCUT2D eigenvalue weighted by Crippen LogP contribution is -2.31. The largest absolute Gasteiger partial charge is 0.457 e. The highest BCUT2D eigenvalue weighted by Gasteiger charge is 2.14. The van der Waals surface area contributed by atoms with E-state index < -0.39 is 11.6 Å². The Morgan fingerprint density at radius 1 is 1.06 bits per heavy atom. The molecule has 0 bridgehead atoms. The SMILES string of the molecule is CC(C)(C)CNC(=O)/C=C/C(=O)OC(C)(C)C. The smallest absolute Gasteiger partial charge is 0.331 e. The molecule has 98 valence electrons. The summed E-state index contributed by atoms with van der Waals surface area (Å²) in [5.41, 5.74) is -0.515. The molecular formula is C13H23NO3. The maximum Gasteiger partial charge on any atom is 0.331 e. The maximum absolute atomic E-state index is 11.4. The molecule has 0 aliphatic carbocycles. The van der Waals surface area contributed by atoms with Crippen molar-refractivity contribution in [3.63, 3.8) is 0 Å². The Morgan fingerprint density at radius 3 is 2.00 bits per heavy atom. The highest BCUT2D eigenvalue weighted by molar-refractivity contribution is 5.94. The van der Waals surface area contributed by atoms with Crippen LogP contribution in [0.5, 0.6) is 0 Å². The fraction of sp³-hybridized carbons (Fsp3) is 0.692. The van der Waals surface area contributed by atoms with Crippen LogP contribution in [0.15, 0.2) is 12.2 Å². The van der Waals surface area contributed by atoms with Crippen molar-refractivity contribution in [1.29, 1.82) is 0 Å². The monoisotopic (exact) mass is 241 g/mol. The number of ether oxygens (including phenoxy) is 1. The summed E-state index contributed by atoms with van der Waals surface area (Å²) >= 11 is 0. The van der Waals surface area contributed by atoms with Crippen LogP contribution in [0.2, 0.25) is 0 Å². The zero-order valence-corrected chi connectivity index (χ0v) is 11.6. The molecule has 1 amide bonds. The molecule has 0 saturated carbocycles. The molecule has 0 unspecified atom stereocenters. The third kappa shape index (κ3) is 11.0. The molecule has 0 saturated heterocycles. The Kier molecular flexibility index (Phi) is 5.39. The minimum absolute atomic E-state index is 0.0232. The third-order valence-corrected chi connectivity index (χ3v) is 1.57. The number of carbonyl (C=O) groups excluding carboxylic acids is 2. The third-order valence-electron chi connectivity index (χ3n) is 1.57. The second-order valence-electron chi connectivity index (χ2n) is 6.15. The molecule has 17 heavy (non-hydrogen) atoms. The zero-order chi connectivity index (χ0) is 13.7. The van der Waals surface area contributed by atoms with Crippen LogP contribution in [-0.2, 0) is 14.3 Å². The van der Waals surface area contributed by atoms with Crippen LogP contribution in [0.3, 0.4) is 0 Å². The lowest BCUT2D eigenvalue weighted by Gasteiger charge is -2.18. The summed E-state index contributed by atoms with van der Waals surface area (Å²) < 4.78 is 5.03. The number of nitrogens with one attached hydrogen (secondary N) is 1. The van der Waals surface area contributed by atoms with Crippen molar-refractivity contribution in [1.82, 2.24) is 5.32 Å². The fourth-order valence-electron chi connectivity index (χ4n) is 0.891. The lowest BCUT2D eigenvalue weighted by atomic mass is 9.97. The van der Waals surface area contributed by atoms with E-state index in [1.807, 2.05) is 20.8 Å². The van der Waals surface area contributed by atoms with Crippen LogP contribution in [-0.4, -0.2) is 24.0 Å². The van der Waals surface area contributed by atoms with Crippen molar-refractivity contribution in [3.05, 3.63) is 12.2 Å². The maximum atomic E-state index is 11.4. The molecular weight excluding hydrogens is 218 g/mol. The van der Waals surface area contributed by atoms with Gasteiger partial charge >= 0.3 is 5.97 Å². The van der Waals surface area contributed by atoms with Gasteiger partial charge in [0.15, 0.2) is 0 Å². The summed E-state index contributed by atoms with van der Waals surface area (Å²) in [6.45, 7) is 11.9. The Hall–Kier alpha value is -1.32. The Morgan fingerprint density at radius 2 is 1.59 bits per heavy atom. The van der Waals surface area contributed by atoms with Gasteiger partial charge in [0.1, 0.15) is 5.60 Å². The van der Waals surface area contributed by atoms with E-state index in [9.17, 15) is 9.59 Å². The van der Waals surface area contributed by atoms with Gasteiger partial charge in [0.05, 0.1) is 0 Å². The number of amides is 1. The van der Waals surface area contributed by atoms with Gasteiger partial charge in [-0.1, -0.05) is 20.8 Å². The zero-order valence-electron chi connectivity index (χ0n) is 11.6. The van der Waals surface area contributed by atoms with Crippen LogP contribution in [0.1, 0.15) is 41.5 Å². The predicted molar refractivity (Wildman–Crippen MR) is 67.4 cm³/mol. The first kappa shape index (κ1) is 15.7. The Bertz CT molecular complexity index is 306. The molecule has 0 fully saturated rings. The second-order valence-corrected chi connectivity index (χ2v) is 6.15. The summed E-state index contributed by atoms with van der Waals surface area (Å²) in [4.78, 5) is 22.6. The first-order valence-electron chi connectivity index (χ1n) is 5.68. The summed E-state index contributed by atoms with van der Waals surface area (Å²) in [5, 5.41) is 2.71. The highest BCUT2D eigenvalue weighted by Crippen LogP contribution is 2.10. The Balaban J connectivity index is 4.08. The summed E-state index contributed by atoms with van der Waals surface area (Å²) in [6.07, 6.45) is 2.34. The molecule has 0 atom stereocenters. The van der Waals surface area contributed by atoms with Gasteiger partial charge in [-0.3, -0.25) is 4.79 Å². The number of rotatable bonds is 3. The fourth-order valence-corrected chi connectivity index (χ4v) is 0.891. The number of hydrogen-bond donors (Lipinski definition) is 1. The molecule has 0 aromatic carbocycles. The van der Waals surface area contributed by atoms with Crippen LogP contribution in [0.4, 0.5) is 0 Å². The minimum Gasteiger partial charge on any atom is -0.457 e. The molecule has 0 aromatic heterocycles. The molecule has 0 spiro atoms. The average molecular weight is 241 g/mol. The van der Waals surface area contributed by atoms with E-state index in [0.29, 0.717) is 6.54 Å². The number of carbonyl (C=O) groups is 2. The van der Waals surface area contributed by atoms with Crippen molar-refractivity contribution in [2.45, 2.75) is 47.1 Å². The highest BCUT2D eigenvalue weighted by atomic mass is 16.6. The van der Waals surface area contributed by atoms with Crippen molar-refractivity contribution in [2.24, 2.45) is 5.41 Å². The number of hydrogen-bond acceptors (Lipinski definition) is 3. The predicted octanol–water partition coefficient (Wildman–Crippen LogP) is 2.05. The van der Waals surface area contributed by atoms with Gasteiger partial charge in [0.25, 0.3) is 0 Å². The molecule has 4 nitrogen and oxygen atoms in total. The summed E-state index contributed by atoms with van der Waals surface area (Å²) in [6, 6.07) is 0. The van der Waals surface area contributed by atoms with E-state index in [1.54, 1.807) is 20.8 Å². The summed E-state index contributed by atoms with van der Waals surface area (Å²) in [7, 11) is 0. The van der Waals surface area contributed by atoms with Crippen molar-refractivity contribution < 1.29 is 14.3 Å². The second kappa shape index (κ2) is 5.84. The molecule has 1 N–H and O–H groups in total. The van der Waals surface area contributed by atoms with E-state index in [0.717, 1.165) is 6.08 Å². The van der Waals surface area contributed by atoms with Gasteiger partial charge in [0.2, 0.25) is 5.91 Å². The van der Waals surface area contributed by atoms with Crippen molar-refractivity contribution >= 4 is 11.9 Å².